The topological polar surface area (TPSA) is 52.6 Å². The summed E-state index contributed by atoms with van der Waals surface area (Å²) in [5, 5.41) is 0. The number of Topliss-reactive ketones (excluding diaryl/α,β-unsaturated/α-hetero) is 1. The summed E-state index contributed by atoms with van der Waals surface area (Å²) in [5.41, 5.74) is 1.70. The molecule has 21 heavy (non-hydrogen) atoms. The first-order valence-electron chi connectivity index (χ1n) is 7.52. The summed E-state index contributed by atoms with van der Waals surface area (Å²) in [6, 6.07) is 8.13. The summed E-state index contributed by atoms with van der Waals surface area (Å²) in [6.45, 7) is 3.70. The summed E-state index contributed by atoms with van der Waals surface area (Å²) in [7, 11) is 0. The van der Waals surface area contributed by atoms with Crippen LogP contribution in [0.3, 0.4) is 0 Å². The van der Waals surface area contributed by atoms with Crippen LogP contribution >= 0.6 is 0 Å². The van der Waals surface area contributed by atoms with Crippen LogP contribution in [-0.2, 0) is 19.1 Å². The Morgan fingerprint density at radius 3 is 2.24 bits per heavy atom. The second kappa shape index (κ2) is 4.17. The molecule has 4 heteroatoms. The first kappa shape index (κ1) is 13.0. The van der Waals surface area contributed by atoms with Crippen LogP contribution in [0.2, 0.25) is 0 Å². The lowest BCUT2D eigenvalue weighted by Crippen LogP contribution is -2.28. The molecule has 4 nitrogen and oxygen atoms in total. The number of esters is 1. The Bertz CT molecular complexity index is 600. The maximum atomic E-state index is 12.5. The van der Waals surface area contributed by atoms with Crippen molar-refractivity contribution in [2.24, 2.45) is 17.3 Å². The van der Waals surface area contributed by atoms with E-state index in [4.69, 9.17) is 9.47 Å². The smallest absolute Gasteiger partial charge is 0.313 e. The molecular weight excluding hydrogens is 268 g/mol. The Hall–Kier alpha value is -1.68. The molecule has 1 aromatic rings. The first-order chi connectivity index (χ1) is 10.1. The van der Waals surface area contributed by atoms with Crippen molar-refractivity contribution >= 4 is 11.8 Å². The minimum Gasteiger partial charge on any atom is -0.466 e. The predicted molar refractivity (Wildman–Crippen MR) is 74.4 cm³/mol. The highest BCUT2D eigenvalue weighted by molar-refractivity contribution is 5.90. The van der Waals surface area contributed by atoms with Gasteiger partial charge in [-0.15, -0.1) is 0 Å². The molecule has 1 saturated carbocycles. The van der Waals surface area contributed by atoms with Gasteiger partial charge >= 0.3 is 5.97 Å². The summed E-state index contributed by atoms with van der Waals surface area (Å²) >= 11 is 0. The normalized spacial score (nSPS) is 37.8. The number of carbonyl (C=O) groups is 2. The van der Waals surface area contributed by atoms with Crippen LogP contribution < -0.4 is 0 Å². The Morgan fingerprint density at radius 2 is 1.76 bits per heavy atom. The first-order valence-corrected chi connectivity index (χ1v) is 7.52. The van der Waals surface area contributed by atoms with Crippen molar-refractivity contribution in [2.45, 2.75) is 32.5 Å². The fraction of sp³-hybridized carbons (Fsp3) is 0.529. The quantitative estimate of drug-likeness (QED) is 0.798. The molecule has 1 unspecified atom stereocenters. The molecule has 0 spiro atoms. The third-order valence-electron chi connectivity index (χ3n) is 5.22. The molecule has 0 radical (unpaired) electrons. The molecule has 4 rings (SSSR count). The standard InChI is InChI=1S/C17H18O4/c1-3-20-16(19)17(8-9(2)18)12-13(17)15-11-7-5-4-6-10(11)14(12)21-15/h4-7,12-15H,3,8H2,1-2H3/t12-,13+,14+,15-,17?. The monoisotopic (exact) mass is 286 g/mol. The molecule has 5 atom stereocenters. The van der Waals surface area contributed by atoms with Gasteiger partial charge in [0.1, 0.15) is 5.78 Å². The Balaban J connectivity index is 1.73. The molecular formula is C17H18O4. The summed E-state index contributed by atoms with van der Waals surface area (Å²) in [4.78, 5) is 24.2. The van der Waals surface area contributed by atoms with Gasteiger partial charge in [0.25, 0.3) is 0 Å². The SMILES string of the molecule is CCOC(=O)C1(CC(C)=O)[C@@H]2[C@H]1[C@@H]1O[C@H]2c2ccccc21. The van der Waals surface area contributed by atoms with Crippen LogP contribution in [0.1, 0.15) is 43.6 Å². The number of benzene rings is 1. The average molecular weight is 286 g/mol. The van der Waals surface area contributed by atoms with E-state index in [1.807, 2.05) is 12.1 Å². The van der Waals surface area contributed by atoms with Crippen molar-refractivity contribution in [3.05, 3.63) is 35.4 Å². The van der Waals surface area contributed by atoms with Crippen molar-refractivity contribution in [3.8, 4) is 0 Å². The Labute approximate surface area is 123 Å². The molecule has 0 aromatic heterocycles. The van der Waals surface area contributed by atoms with E-state index in [0.29, 0.717) is 6.61 Å². The summed E-state index contributed by atoms with van der Waals surface area (Å²) < 4.78 is 11.3. The van der Waals surface area contributed by atoms with Crippen molar-refractivity contribution in [2.75, 3.05) is 6.61 Å². The van der Waals surface area contributed by atoms with Crippen LogP contribution in [-0.4, -0.2) is 18.4 Å². The number of hydrogen-bond donors (Lipinski definition) is 0. The lowest BCUT2D eigenvalue weighted by molar-refractivity contribution is -0.156. The zero-order valence-corrected chi connectivity index (χ0v) is 12.2. The van der Waals surface area contributed by atoms with E-state index < -0.39 is 5.41 Å². The number of fused-ring (bicyclic) bond motifs is 8. The third-order valence-corrected chi connectivity index (χ3v) is 5.22. The molecule has 0 N–H and O–H groups in total. The van der Waals surface area contributed by atoms with Gasteiger partial charge in [-0.2, -0.15) is 0 Å². The zero-order chi connectivity index (χ0) is 14.8. The summed E-state index contributed by atoms with van der Waals surface area (Å²) in [5.74, 6) is 0.0166. The highest BCUT2D eigenvalue weighted by atomic mass is 16.5. The van der Waals surface area contributed by atoms with Gasteiger partial charge < -0.3 is 9.47 Å². The van der Waals surface area contributed by atoms with Crippen LogP contribution in [0.15, 0.2) is 24.3 Å². The molecule has 3 aliphatic rings. The number of carbonyl (C=O) groups excluding carboxylic acids is 2. The number of hydrogen-bond acceptors (Lipinski definition) is 4. The molecule has 2 heterocycles. The average Bonchev–Trinajstić information content (AvgIpc) is 2.82. The molecule has 1 saturated heterocycles. The maximum absolute atomic E-state index is 12.5. The van der Waals surface area contributed by atoms with Gasteiger partial charge in [0, 0.05) is 18.3 Å². The molecule has 1 aliphatic carbocycles. The zero-order valence-electron chi connectivity index (χ0n) is 12.2. The second-order valence-corrected chi connectivity index (χ2v) is 6.30. The fourth-order valence-electron chi connectivity index (χ4n) is 4.56. The molecule has 0 amide bonds. The molecule has 110 valence electrons. The van der Waals surface area contributed by atoms with Crippen LogP contribution in [0.25, 0.3) is 0 Å². The molecule has 2 bridgehead atoms. The third kappa shape index (κ3) is 1.49. The van der Waals surface area contributed by atoms with Gasteiger partial charge in [-0.1, -0.05) is 24.3 Å². The van der Waals surface area contributed by atoms with E-state index in [0.717, 1.165) is 0 Å². The molecule has 2 aliphatic heterocycles. The van der Waals surface area contributed by atoms with Crippen molar-refractivity contribution in [1.29, 1.82) is 0 Å². The summed E-state index contributed by atoms with van der Waals surface area (Å²) in [6.07, 6.45) is 0.158. The van der Waals surface area contributed by atoms with Crippen molar-refractivity contribution in [3.63, 3.8) is 0 Å². The highest BCUT2D eigenvalue weighted by Gasteiger charge is 2.81. The highest BCUT2D eigenvalue weighted by Crippen LogP contribution is 2.80. The van der Waals surface area contributed by atoms with Crippen LogP contribution in [0.4, 0.5) is 0 Å². The van der Waals surface area contributed by atoms with Crippen molar-refractivity contribution < 1.29 is 19.1 Å². The van der Waals surface area contributed by atoms with Gasteiger partial charge in [-0.05, 0) is 25.0 Å². The lowest BCUT2D eigenvalue weighted by Gasteiger charge is -2.21. The minimum absolute atomic E-state index is 0.0425. The maximum Gasteiger partial charge on any atom is 0.313 e. The minimum atomic E-state index is -0.658. The van der Waals surface area contributed by atoms with Gasteiger partial charge in [-0.3, -0.25) is 9.59 Å². The Kier molecular flexibility index (Phi) is 2.58. The van der Waals surface area contributed by atoms with E-state index >= 15 is 0 Å². The van der Waals surface area contributed by atoms with E-state index in [9.17, 15) is 9.59 Å². The number of ketones is 1. The fourth-order valence-corrected chi connectivity index (χ4v) is 4.56. The van der Waals surface area contributed by atoms with E-state index in [-0.39, 0.29) is 42.2 Å². The lowest BCUT2D eigenvalue weighted by atomic mass is 9.92. The Morgan fingerprint density at radius 1 is 1.19 bits per heavy atom. The van der Waals surface area contributed by atoms with Crippen LogP contribution in [0.5, 0.6) is 0 Å². The molecule has 1 aromatic carbocycles. The number of rotatable bonds is 4. The van der Waals surface area contributed by atoms with Crippen molar-refractivity contribution in [1.82, 2.24) is 0 Å². The van der Waals surface area contributed by atoms with Gasteiger partial charge in [0.05, 0.1) is 24.2 Å². The number of ether oxygens (including phenoxy) is 2. The molecule has 2 fully saturated rings. The second-order valence-electron chi connectivity index (χ2n) is 6.30. The van der Waals surface area contributed by atoms with Crippen LogP contribution in [0, 0.1) is 17.3 Å². The van der Waals surface area contributed by atoms with Gasteiger partial charge in [-0.25, -0.2) is 0 Å². The van der Waals surface area contributed by atoms with E-state index in [1.165, 1.54) is 11.1 Å². The van der Waals surface area contributed by atoms with Gasteiger partial charge in [0.2, 0.25) is 0 Å². The van der Waals surface area contributed by atoms with E-state index in [2.05, 4.69) is 12.1 Å². The van der Waals surface area contributed by atoms with E-state index in [1.54, 1.807) is 13.8 Å². The predicted octanol–water partition coefficient (Wildman–Crippen LogP) is 2.59. The van der Waals surface area contributed by atoms with Gasteiger partial charge in [0.15, 0.2) is 0 Å². The largest absolute Gasteiger partial charge is 0.466 e.